The fourth-order valence-corrected chi connectivity index (χ4v) is 3.61. The molecule has 0 spiro atoms. The Bertz CT molecular complexity index is 1100. The predicted octanol–water partition coefficient (Wildman–Crippen LogP) is 7.01. The van der Waals surface area contributed by atoms with Gasteiger partial charge in [-0.1, -0.05) is 87.6 Å². The van der Waals surface area contributed by atoms with Crippen LogP contribution in [0.25, 0.3) is 0 Å². The normalized spacial score (nSPS) is 13.8. The minimum Gasteiger partial charge on any atom is -0.426 e. The quantitative estimate of drug-likeness (QED) is 0.231. The summed E-state index contributed by atoms with van der Waals surface area (Å²) < 4.78 is 10.9. The smallest absolute Gasteiger partial charge is 0.343 e. The van der Waals surface area contributed by atoms with Crippen LogP contribution in [0, 0.1) is 0 Å². The average molecular weight is 457 g/mol. The first-order valence-corrected chi connectivity index (χ1v) is 11.7. The van der Waals surface area contributed by atoms with Gasteiger partial charge in [-0.25, -0.2) is 4.79 Å². The number of allylic oxidation sites excluding steroid dienone is 5. The van der Waals surface area contributed by atoms with E-state index in [1.54, 1.807) is 6.08 Å². The van der Waals surface area contributed by atoms with Crippen LogP contribution in [0.4, 0.5) is 0 Å². The van der Waals surface area contributed by atoms with Crippen molar-refractivity contribution in [2.45, 2.75) is 51.9 Å². The third kappa shape index (κ3) is 6.92. The van der Waals surface area contributed by atoms with E-state index in [0.717, 1.165) is 30.4 Å². The van der Waals surface area contributed by atoms with E-state index in [9.17, 15) is 9.59 Å². The van der Waals surface area contributed by atoms with Crippen molar-refractivity contribution in [1.82, 2.24) is 0 Å². The number of hydrogen-bond donors (Lipinski definition) is 0. The van der Waals surface area contributed by atoms with Crippen molar-refractivity contribution in [2.75, 3.05) is 0 Å². The van der Waals surface area contributed by atoms with E-state index < -0.39 is 0 Å². The van der Waals surface area contributed by atoms with Gasteiger partial charge in [0.05, 0.1) is 12.0 Å². The Morgan fingerprint density at radius 1 is 0.853 bits per heavy atom. The van der Waals surface area contributed by atoms with E-state index in [1.165, 1.54) is 0 Å². The summed E-state index contributed by atoms with van der Waals surface area (Å²) in [7, 11) is 0. The van der Waals surface area contributed by atoms with E-state index in [1.807, 2.05) is 85.0 Å². The molecule has 4 heteroatoms. The number of benzene rings is 2. The van der Waals surface area contributed by atoms with Gasteiger partial charge in [0.25, 0.3) is 0 Å². The molecule has 0 aliphatic heterocycles. The molecule has 0 amide bonds. The largest absolute Gasteiger partial charge is 0.426 e. The highest BCUT2D eigenvalue weighted by Crippen LogP contribution is 2.33. The molecule has 2 aromatic rings. The van der Waals surface area contributed by atoms with Crippen LogP contribution in [0.15, 0.2) is 96.6 Å². The molecule has 1 aliphatic carbocycles. The van der Waals surface area contributed by atoms with Crippen molar-refractivity contribution >= 4 is 11.9 Å². The third-order valence-corrected chi connectivity index (χ3v) is 5.73. The van der Waals surface area contributed by atoms with Gasteiger partial charge >= 0.3 is 11.9 Å². The van der Waals surface area contributed by atoms with Crippen LogP contribution in [-0.4, -0.2) is 11.9 Å². The van der Waals surface area contributed by atoms with Gasteiger partial charge in [-0.2, -0.15) is 0 Å². The molecule has 0 N–H and O–H groups in total. The molecule has 0 bridgehead atoms. The van der Waals surface area contributed by atoms with Gasteiger partial charge < -0.3 is 9.47 Å². The lowest BCUT2D eigenvalue weighted by Gasteiger charge is -2.26. The highest BCUT2D eigenvalue weighted by Gasteiger charge is 2.23. The Hall–Kier alpha value is -3.66. The standard InChI is InChI=1S/C30H32O4/c1-4-5-6-7-11-14-28(31)33-26-19-15-24(16-20-26)30(2,3)25-17-21-27(22-18-25)34-29(32)23-12-9-8-10-13-23/h5-7,9,11-13,15-22H,4,8,10,14H2,1-3H3/b6-5-,11-7-. The molecular weight excluding hydrogens is 424 g/mol. The molecule has 176 valence electrons. The zero-order valence-corrected chi connectivity index (χ0v) is 20.1. The van der Waals surface area contributed by atoms with Crippen LogP contribution in [0.5, 0.6) is 11.5 Å². The first kappa shape index (κ1) is 25.0. The number of ether oxygens (including phenoxy) is 2. The van der Waals surface area contributed by atoms with E-state index in [-0.39, 0.29) is 23.8 Å². The van der Waals surface area contributed by atoms with Crippen molar-refractivity contribution in [3.05, 3.63) is 108 Å². The second-order valence-corrected chi connectivity index (χ2v) is 8.65. The lowest BCUT2D eigenvalue weighted by molar-refractivity contribution is -0.133. The molecule has 3 rings (SSSR count). The van der Waals surface area contributed by atoms with Crippen molar-refractivity contribution in [1.29, 1.82) is 0 Å². The van der Waals surface area contributed by atoms with E-state index in [4.69, 9.17) is 9.47 Å². The Kier molecular flexibility index (Phi) is 8.80. The maximum atomic E-state index is 12.3. The van der Waals surface area contributed by atoms with Crippen LogP contribution in [0.1, 0.15) is 57.6 Å². The molecule has 2 aromatic carbocycles. The molecule has 0 saturated carbocycles. The molecule has 1 aliphatic rings. The van der Waals surface area contributed by atoms with Crippen LogP contribution in [0.3, 0.4) is 0 Å². The van der Waals surface area contributed by atoms with Gasteiger partial charge in [0.1, 0.15) is 11.5 Å². The van der Waals surface area contributed by atoms with Crippen molar-refractivity contribution in [3.63, 3.8) is 0 Å². The summed E-state index contributed by atoms with van der Waals surface area (Å²) in [5, 5.41) is 0. The third-order valence-electron chi connectivity index (χ3n) is 5.73. The summed E-state index contributed by atoms with van der Waals surface area (Å²) in [4.78, 5) is 24.3. The van der Waals surface area contributed by atoms with E-state index in [2.05, 4.69) is 20.8 Å². The first-order chi connectivity index (χ1) is 16.4. The summed E-state index contributed by atoms with van der Waals surface area (Å²) >= 11 is 0. The number of esters is 2. The summed E-state index contributed by atoms with van der Waals surface area (Å²) in [6.45, 7) is 6.31. The number of rotatable bonds is 9. The molecule has 0 atom stereocenters. The summed E-state index contributed by atoms with van der Waals surface area (Å²) in [5.74, 6) is 0.417. The molecule has 0 saturated heterocycles. The van der Waals surface area contributed by atoms with Crippen molar-refractivity contribution in [3.8, 4) is 11.5 Å². The minimum absolute atomic E-state index is 0.228. The van der Waals surface area contributed by atoms with Crippen LogP contribution in [-0.2, 0) is 15.0 Å². The van der Waals surface area contributed by atoms with Crippen LogP contribution in [0.2, 0.25) is 0 Å². The molecule has 0 aromatic heterocycles. The monoisotopic (exact) mass is 456 g/mol. The SMILES string of the molecule is CC/C=C\C=C/CC(=O)Oc1ccc(C(C)(C)c2ccc(OC(=O)C3=CCCC=C3)cc2)cc1. The molecule has 0 radical (unpaired) electrons. The molecule has 4 nitrogen and oxygen atoms in total. The van der Waals surface area contributed by atoms with Crippen molar-refractivity contribution in [2.24, 2.45) is 0 Å². The molecule has 0 unspecified atom stereocenters. The van der Waals surface area contributed by atoms with Gasteiger partial charge in [0.2, 0.25) is 0 Å². The number of hydrogen-bond acceptors (Lipinski definition) is 4. The Morgan fingerprint density at radius 3 is 2.00 bits per heavy atom. The van der Waals surface area contributed by atoms with Gasteiger partial charge in [-0.15, -0.1) is 0 Å². The fourth-order valence-electron chi connectivity index (χ4n) is 3.61. The van der Waals surface area contributed by atoms with Crippen LogP contribution < -0.4 is 9.47 Å². The van der Waals surface area contributed by atoms with E-state index >= 15 is 0 Å². The summed E-state index contributed by atoms with van der Waals surface area (Å²) in [6, 6.07) is 15.2. The molecule has 0 heterocycles. The molecular formula is C30H32O4. The first-order valence-electron chi connectivity index (χ1n) is 11.7. The predicted molar refractivity (Wildman–Crippen MR) is 136 cm³/mol. The molecule has 0 fully saturated rings. The molecule has 34 heavy (non-hydrogen) atoms. The van der Waals surface area contributed by atoms with Gasteiger partial charge in [-0.3, -0.25) is 4.79 Å². The lowest BCUT2D eigenvalue weighted by Crippen LogP contribution is -2.19. The number of carbonyl (C=O) groups excluding carboxylic acids is 2. The Morgan fingerprint density at radius 2 is 1.44 bits per heavy atom. The highest BCUT2D eigenvalue weighted by atomic mass is 16.5. The highest BCUT2D eigenvalue weighted by molar-refractivity contribution is 5.93. The minimum atomic E-state index is -0.332. The van der Waals surface area contributed by atoms with Crippen LogP contribution >= 0.6 is 0 Å². The number of carbonyl (C=O) groups is 2. The summed E-state index contributed by atoms with van der Waals surface area (Å²) in [6.07, 6.45) is 16.3. The fraction of sp³-hybridized carbons (Fsp3) is 0.267. The zero-order chi connectivity index (χ0) is 24.4. The van der Waals surface area contributed by atoms with Crippen molar-refractivity contribution < 1.29 is 19.1 Å². The Balaban J connectivity index is 1.60. The summed E-state index contributed by atoms with van der Waals surface area (Å²) in [5.41, 5.74) is 2.48. The second kappa shape index (κ2) is 12.0. The zero-order valence-electron chi connectivity index (χ0n) is 20.1. The average Bonchev–Trinajstić information content (AvgIpc) is 2.85. The van der Waals surface area contributed by atoms with Gasteiger partial charge in [0.15, 0.2) is 0 Å². The second-order valence-electron chi connectivity index (χ2n) is 8.65. The lowest BCUT2D eigenvalue weighted by atomic mass is 9.78. The topological polar surface area (TPSA) is 52.6 Å². The van der Waals surface area contributed by atoms with Gasteiger partial charge in [-0.05, 0) is 54.7 Å². The van der Waals surface area contributed by atoms with Gasteiger partial charge in [0, 0.05) is 5.41 Å². The maximum absolute atomic E-state index is 12.3. The maximum Gasteiger partial charge on any atom is 0.343 e. The Labute approximate surface area is 202 Å². The van der Waals surface area contributed by atoms with E-state index in [0.29, 0.717) is 17.1 Å².